The van der Waals surface area contributed by atoms with Crippen molar-refractivity contribution in [3.05, 3.63) is 53.6 Å². The van der Waals surface area contributed by atoms with E-state index in [0.717, 1.165) is 5.69 Å². The molecule has 6 nitrogen and oxygen atoms in total. The Kier molecular flexibility index (Phi) is 4.67. The molecule has 0 unspecified atom stereocenters. The summed E-state index contributed by atoms with van der Waals surface area (Å²) in [6.45, 7) is 2.40. The first-order valence-electron chi connectivity index (χ1n) is 8.11. The van der Waals surface area contributed by atoms with Crippen molar-refractivity contribution in [2.45, 2.75) is 25.9 Å². The smallest absolute Gasteiger partial charge is 0.314 e. The summed E-state index contributed by atoms with van der Waals surface area (Å²) in [6, 6.07) is 7.46. The van der Waals surface area contributed by atoms with Crippen LogP contribution in [0.4, 0.5) is 10.3 Å². The number of aliphatic carboxylic acids is 1. The van der Waals surface area contributed by atoms with E-state index in [1.54, 1.807) is 29.3 Å². The van der Waals surface area contributed by atoms with Crippen LogP contribution in [-0.2, 0) is 11.2 Å². The van der Waals surface area contributed by atoms with Gasteiger partial charge in [0.1, 0.15) is 11.2 Å². The molecule has 25 heavy (non-hydrogen) atoms. The van der Waals surface area contributed by atoms with Crippen molar-refractivity contribution < 1.29 is 19.4 Å². The second-order valence-electron chi connectivity index (χ2n) is 6.49. The molecule has 2 heterocycles. The number of carboxylic acid groups (broad SMARTS) is 1. The maximum absolute atomic E-state index is 13.1. The second kappa shape index (κ2) is 6.76. The van der Waals surface area contributed by atoms with E-state index in [-0.39, 0.29) is 18.8 Å². The minimum Gasteiger partial charge on any atom is -0.481 e. The van der Waals surface area contributed by atoms with E-state index in [4.69, 9.17) is 0 Å². The highest BCUT2D eigenvalue weighted by molar-refractivity contribution is 5.77. The monoisotopic (exact) mass is 345 g/mol. The number of piperidine rings is 1. The predicted octanol–water partition coefficient (Wildman–Crippen LogP) is 1.81. The number of hydrogen-bond donors (Lipinski definition) is 2. The van der Waals surface area contributed by atoms with Crippen LogP contribution in [0.15, 0.2) is 36.5 Å². The maximum atomic E-state index is 13.1. The second-order valence-corrected chi connectivity index (χ2v) is 6.49. The number of aromatic nitrogens is 2. The molecule has 1 aromatic carbocycles. The van der Waals surface area contributed by atoms with Gasteiger partial charge < -0.3 is 15.1 Å². The van der Waals surface area contributed by atoms with Crippen LogP contribution in [0.25, 0.3) is 0 Å². The Balaban J connectivity index is 1.92. The maximum Gasteiger partial charge on any atom is 0.314 e. The first kappa shape index (κ1) is 17.3. The molecule has 132 valence electrons. The predicted molar refractivity (Wildman–Crippen MR) is 89.8 cm³/mol. The van der Waals surface area contributed by atoms with Crippen molar-refractivity contribution >= 4 is 11.9 Å². The average molecular weight is 345 g/mol. The van der Waals surface area contributed by atoms with Crippen molar-refractivity contribution in [1.29, 1.82) is 0 Å². The molecular weight excluding hydrogens is 325 g/mol. The first-order chi connectivity index (χ1) is 11.9. The molecule has 1 saturated heterocycles. The Morgan fingerprint density at radius 1 is 1.36 bits per heavy atom. The minimum atomic E-state index is -1.40. The molecule has 0 radical (unpaired) electrons. The SMILES string of the molecule is Cc1ccnc(N2CC[C@H](O)[C@](Cc3ccc(F)cc3)(C(=O)O)C2)n1. The van der Waals surface area contributed by atoms with E-state index in [2.05, 4.69) is 9.97 Å². The van der Waals surface area contributed by atoms with Gasteiger partial charge in [0.05, 0.1) is 6.10 Å². The fourth-order valence-electron chi connectivity index (χ4n) is 3.26. The number of rotatable bonds is 4. The van der Waals surface area contributed by atoms with E-state index >= 15 is 0 Å². The summed E-state index contributed by atoms with van der Waals surface area (Å²) in [5.74, 6) is -1.01. The number of anilines is 1. The quantitative estimate of drug-likeness (QED) is 0.879. The van der Waals surface area contributed by atoms with Gasteiger partial charge in [-0.05, 0) is 43.5 Å². The number of hydrogen-bond acceptors (Lipinski definition) is 5. The van der Waals surface area contributed by atoms with Gasteiger partial charge in [0.15, 0.2) is 0 Å². The Hall–Kier alpha value is -2.54. The van der Waals surface area contributed by atoms with Crippen LogP contribution in [-0.4, -0.2) is 45.3 Å². The van der Waals surface area contributed by atoms with Crippen molar-refractivity contribution in [1.82, 2.24) is 9.97 Å². The number of aryl methyl sites for hydroxylation is 1. The van der Waals surface area contributed by atoms with Crippen LogP contribution in [0.2, 0.25) is 0 Å². The fourth-order valence-corrected chi connectivity index (χ4v) is 3.26. The third-order valence-electron chi connectivity index (χ3n) is 4.71. The Morgan fingerprint density at radius 3 is 2.72 bits per heavy atom. The standard InChI is InChI=1S/C18H20FN3O3/c1-12-6-8-20-17(21-12)22-9-7-15(23)18(11-22,16(24)25)10-13-2-4-14(19)5-3-13/h2-6,8,15,23H,7,9-11H2,1H3,(H,24,25)/t15-,18+/m0/s1. The number of halogens is 1. The highest BCUT2D eigenvalue weighted by atomic mass is 19.1. The van der Waals surface area contributed by atoms with E-state index in [1.165, 1.54) is 12.1 Å². The van der Waals surface area contributed by atoms with Crippen LogP contribution >= 0.6 is 0 Å². The Bertz CT molecular complexity index is 768. The number of benzene rings is 1. The summed E-state index contributed by atoms with van der Waals surface area (Å²) in [7, 11) is 0. The highest BCUT2D eigenvalue weighted by Gasteiger charge is 2.49. The summed E-state index contributed by atoms with van der Waals surface area (Å²) < 4.78 is 13.1. The zero-order valence-corrected chi connectivity index (χ0v) is 13.9. The van der Waals surface area contributed by atoms with Gasteiger partial charge in [-0.1, -0.05) is 12.1 Å². The molecule has 7 heteroatoms. The molecule has 1 fully saturated rings. The van der Waals surface area contributed by atoms with Crippen molar-refractivity contribution in [2.75, 3.05) is 18.0 Å². The molecule has 2 atom stereocenters. The van der Waals surface area contributed by atoms with E-state index in [0.29, 0.717) is 24.5 Å². The topological polar surface area (TPSA) is 86.5 Å². The molecule has 0 saturated carbocycles. The molecule has 2 aromatic rings. The highest BCUT2D eigenvalue weighted by Crippen LogP contribution is 2.36. The summed E-state index contributed by atoms with van der Waals surface area (Å²) in [6.07, 6.45) is 1.03. The normalized spacial score (nSPS) is 23.5. The molecule has 3 rings (SSSR count). The summed E-state index contributed by atoms with van der Waals surface area (Å²) in [4.78, 5) is 22.5. The number of carboxylic acids is 1. The van der Waals surface area contributed by atoms with Crippen LogP contribution in [0.3, 0.4) is 0 Å². The summed E-state index contributed by atoms with van der Waals surface area (Å²) in [5, 5.41) is 20.4. The van der Waals surface area contributed by atoms with Gasteiger partial charge in [-0.3, -0.25) is 4.79 Å². The lowest BCUT2D eigenvalue weighted by Crippen LogP contribution is -2.57. The summed E-state index contributed by atoms with van der Waals surface area (Å²) in [5.41, 5.74) is 0.0499. The Morgan fingerprint density at radius 2 is 2.08 bits per heavy atom. The summed E-state index contributed by atoms with van der Waals surface area (Å²) >= 11 is 0. The molecule has 1 aromatic heterocycles. The van der Waals surface area contributed by atoms with Crippen molar-refractivity contribution in [2.24, 2.45) is 5.41 Å². The van der Waals surface area contributed by atoms with Crippen LogP contribution in [0.1, 0.15) is 17.7 Å². The molecule has 1 aliphatic rings. The number of nitrogens with zero attached hydrogens (tertiary/aromatic N) is 3. The van der Waals surface area contributed by atoms with Gasteiger partial charge in [-0.15, -0.1) is 0 Å². The van der Waals surface area contributed by atoms with Gasteiger partial charge >= 0.3 is 5.97 Å². The zero-order chi connectivity index (χ0) is 18.0. The van der Waals surface area contributed by atoms with Gasteiger partial charge in [-0.2, -0.15) is 0 Å². The molecule has 1 aliphatic heterocycles. The lowest BCUT2D eigenvalue weighted by Gasteiger charge is -2.43. The number of aliphatic hydroxyl groups is 1. The van der Waals surface area contributed by atoms with Gasteiger partial charge in [0, 0.05) is 25.0 Å². The molecule has 0 aliphatic carbocycles. The molecule has 0 amide bonds. The van der Waals surface area contributed by atoms with Gasteiger partial charge in [-0.25, -0.2) is 14.4 Å². The van der Waals surface area contributed by atoms with Crippen molar-refractivity contribution in [3.8, 4) is 0 Å². The lowest BCUT2D eigenvalue weighted by molar-refractivity contribution is -0.157. The van der Waals surface area contributed by atoms with E-state index in [1.807, 2.05) is 6.92 Å². The minimum absolute atomic E-state index is 0.0876. The van der Waals surface area contributed by atoms with E-state index < -0.39 is 17.5 Å². The molecule has 2 N–H and O–H groups in total. The van der Waals surface area contributed by atoms with Crippen molar-refractivity contribution in [3.63, 3.8) is 0 Å². The van der Waals surface area contributed by atoms with E-state index in [9.17, 15) is 19.4 Å². The zero-order valence-electron chi connectivity index (χ0n) is 13.9. The van der Waals surface area contributed by atoms with Gasteiger partial charge in [0.25, 0.3) is 0 Å². The van der Waals surface area contributed by atoms with Crippen LogP contribution in [0.5, 0.6) is 0 Å². The largest absolute Gasteiger partial charge is 0.481 e. The molecule has 0 spiro atoms. The lowest BCUT2D eigenvalue weighted by atomic mass is 9.73. The van der Waals surface area contributed by atoms with Crippen LogP contribution in [0, 0.1) is 18.2 Å². The average Bonchev–Trinajstić information content (AvgIpc) is 2.58. The van der Waals surface area contributed by atoms with Gasteiger partial charge in [0.2, 0.25) is 5.95 Å². The third-order valence-corrected chi connectivity index (χ3v) is 4.71. The number of aliphatic hydroxyl groups excluding tert-OH is 1. The first-order valence-corrected chi connectivity index (χ1v) is 8.11. The third kappa shape index (κ3) is 3.46. The fraction of sp³-hybridized carbons (Fsp3) is 0.389. The van der Waals surface area contributed by atoms with Crippen LogP contribution < -0.4 is 4.90 Å². The Labute approximate surface area is 145 Å². The molecule has 0 bridgehead atoms. The molecular formula is C18H20FN3O3. The number of carbonyl (C=O) groups is 1.